The third-order valence-electron chi connectivity index (χ3n) is 5.34. The van der Waals surface area contributed by atoms with Gasteiger partial charge in [0.2, 0.25) is 0 Å². The lowest BCUT2D eigenvalue weighted by Crippen LogP contribution is -2.29. The Bertz CT molecular complexity index is 1590. The molecule has 0 aliphatic heterocycles. The zero-order valence-electron chi connectivity index (χ0n) is 18.0. The van der Waals surface area contributed by atoms with Crippen LogP contribution in [0, 0.1) is 0 Å². The Morgan fingerprint density at radius 3 is 2.45 bits per heavy atom. The first-order valence-electron chi connectivity index (χ1n) is 10.3. The number of ketones is 1. The average molecular weight is 461 g/mol. The molecular weight excluding hydrogens is 440 g/mol. The predicted octanol–water partition coefficient (Wildman–Crippen LogP) is 2.63. The molecule has 0 saturated heterocycles. The molecule has 2 N–H and O–H groups in total. The molecule has 0 aliphatic carbocycles. The van der Waals surface area contributed by atoms with Gasteiger partial charge in [-0.1, -0.05) is 36.4 Å². The van der Waals surface area contributed by atoms with Crippen LogP contribution < -0.4 is 11.2 Å². The maximum absolute atomic E-state index is 12.7. The first-order valence-corrected chi connectivity index (χ1v) is 11.1. The molecule has 10 heteroatoms. The smallest absolute Gasteiger partial charge is 0.329 e. The van der Waals surface area contributed by atoms with Crippen LogP contribution >= 0.6 is 11.8 Å². The zero-order chi connectivity index (χ0) is 23.1. The number of nitrogens with one attached hydrogen (secondary N) is 2. The second-order valence-corrected chi connectivity index (χ2v) is 8.78. The normalized spacial score (nSPS) is 11.5. The SMILES string of the molecule is CC(=O)Cc1ccc(Cn2c(Sc3nc4ccccc4[nH]3)nc3c2c(=O)[nH]c(=O)n3C)cc1. The van der Waals surface area contributed by atoms with Crippen molar-refractivity contribution >= 4 is 39.7 Å². The largest absolute Gasteiger partial charge is 0.333 e. The van der Waals surface area contributed by atoms with Crippen molar-refractivity contribution in [2.75, 3.05) is 0 Å². The van der Waals surface area contributed by atoms with E-state index in [1.54, 1.807) is 18.5 Å². The van der Waals surface area contributed by atoms with E-state index in [9.17, 15) is 14.4 Å². The highest BCUT2D eigenvalue weighted by atomic mass is 32.2. The summed E-state index contributed by atoms with van der Waals surface area (Å²) in [6.45, 7) is 1.92. The second kappa shape index (κ2) is 8.21. The minimum atomic E-state index is -0.522. The quantitative estimate of drug-likeness (QED) is 0.402. The minimum absolute atomic E-state index is 0.0975. The highest BCUT2D eigenvalue weighted by Crippen LogP contribution is 2.29. The van der Waals surface area contributed by atoms with E-state index >= 15 is 0 Å². The summed E-state index contributed by atoms with van der Waals surface area (Å²) in [4.78, 5) is 51.1. The molecule has 0 saturated carbocycles. The Morgan fingerprint density at radius 2 is 1.73 bits per heavy atom. The van der Waals surface area contributed by atoms with E-state index < -0.39 is 11.2 Å². The Kier molecular flexibility index (Phi) is 5.21. The lowest BCUT2D eigenvalue weighted by molar-refractivity contribution is -0.116. The molecule has 0 aliphatic rings. The summed E-state index contributed by atoms with van der Waals surface area (Å²) in [5, 5.41) is 1.16. The number of nitrogens with zero attached hydrogens (tertiary/aromatic N) is 4. The van der Waals surface area contributed by atoms with Crippen molar-refractivity contribution in [1.82, 2.24) is 29.1 Å². The number of aryl methyl sites for hydroxylation is 1. The topological polar surface area (TPSA) is 118 Å². The van der Waals surface area contributed by atoms with Crippen LogP contribution in [0.3, 0.4) is 0 Å². The number of H-pyrrole nitrogens is 2. The van der Waals surface area contributed by atoms with Crippen LogP contribution in [0.4, 0.5) is 0 Å². The molecule has 0 atom stereocenters. The second-order valence-electron chi connectivity index (χ2n) is 7.83. The van der Waals surface area contributed by atoms with Crippen molar-refractivity contribution < 1.29 is 4.79 Å². The molecule has 3 aromatic heterocycles. The molecule has 3 heterocycles. The van der Waals surface area contributed by atoms with E-state index in [0.717, 1.165) is 22.2 Å². The zero-order valence-corrected chi connectivity index (χ0v) is 18.8. The van der Waals surface area contributed by atoms with Crippen LogP contribution in [0.5, 0.6) is 0 Å². The van der Waals surface area contributed by atoms with Crippen LogP contribution in [0.15, 0.2) is 68.4 Å². The van der Waals surface area contributed by atoms with Gasteiger partial charge >= 0.3 is 5.69 Å². The van der Waals surface area contributed by atoms with Crippen LogP contribution in [0.1, 0.15) is 18.1 Å². The molecule has 5 aromatic rings. The predicted molar refractivity (Wildman–Crippen MR) is 126 cm³/mol. The molecule has 0 bridgehead atoms. The number of Topliss-reactive ketones (excluding diaryl/α,β-unsaturated/α-hetero) is 1. The molecular formula is C23H20N6O3S. The summed E-state index contributed by atoms with van der Waals surface area (Å²) in [6, 6.07) is 15.4. The minimum Gasteiger partial charge on any atom is -0.333 e. The molecule has 9 nitrogen and oxygen atoms in total. The molecule has 0 unspecified atom stereocenters. The number of carbonyl (C=O) groups excluding carboxylic acids is 1. The number of hydrogen-bond donors (Lipinski definition) is 2. The Morgan fingerprint density at radius 1 is 1.00 bits per heavy atom. The van der Waals surface area contributed by atoms with E-state index in [1.807, 2.05) is 48.5 Å². The number of carbonyl (C=O) groups is 1. The molecule has 166 valence electrons. The lowest BCUT2D eigenvalue weighted by atomic mass is 10.1. The number of fused-ring (bicyclic) bond motifs is 2. The molecule has 0 fully saturated rings. The van der Waals surface area contributed by atoms with Gasteiger partial charge in [0.15, 0.2) is 21.5 Å². The van der Waals surface area contributed by atoms with E-state index in [-0.39, 0.29) is 5.78 Å². The number of hydrogen-bond acceptors (Lipinski definition) is 6. The van der Waals surface area contributed by atoms with Gasteiger partial charge < -0.3 is 9.55 Å². The number of rotatable bonds is 6. The van der Waals surface area contributed by atoms with Gasteiger partial charge in [-0.2, -0.15) is 0 Å². The van der Waals surface area contributed by atoms with Crippen molar-refractivity contribution in [2.45, 2.75) is 30.2 Å². The number of imidazole rings is 2. The molecule has 33 heavy (non-hydrogen) atoms. The van der Waals surface area contributed by atoms with Crippen molar-refractivity contribution in [3.8, 4) is 0 Å². The lowest BCUT2D eigenvalue weighted by Gasteiger charge is -2.09. The Hall–Kier alpha value is -3.92. The highest BCUT2D eigenvalue weighted by Gasteiger charge is 2.19. The van der Waals surface area contributed by atoms with Crippen LogP contribution in [0.2, 0.25) is 0 Å². The van der Waals surface area contributed by atoms with Crippen molar-refractivity contribution in [2.24, 2.45) is 7.05 Å². The van der Waals surface area contributed by atoms with E-state index in [0.29, 0.717) is 34.4 Å². The third-order valence-corrected chi connectivity index (χ3v) is 6.23. The summed E-state index contributed by atoms with van der Waals surface area (Å²) in [5.41, 5.74) is 3.18. The van der Waals surface area contributed by atoms with Gasteiger partial charge in [-0.3, -0.25) is 19.1 Å². The van der Waals surface area contributed by atoms with E-state index in [1.165, 1.54) is 16.3 Å². The summed E-state index contributed by atoms with van der Waals surface area (Å²) >= 11 is 1.29. The molecule has 0 radical (unpaired) electrons. The van der Waals surface area contributed by atoms with Gasteiger partial charge in [0.05, 0.1) is 17.6 Å². The monoisotopic (exact) mass is 460 g/mol. The highest BCUT2D eigenvalue weighted by molar-refractivity contribution is 7.99. The van der Waals surface area contributed by atoms with E-state index in [2.05, 4.69) is 19.9 Å². The summed E-state index contributed by atoms with van der Waals surface area (Å²) in [6.07, 6.45) is 0.378. The van der Waals surface area contributed by atoms with E-state index in [4.69, 9.17) is 0 Å². The first kappa shape index (κ1) is 21.0. The Labute approximate surface area is 191 Å². The first-order chi connectivity index (χ1) is 15.9. The molecule has 0 spiro atoms. The molecule has 2 aromatic carbocycles. The van der Waals surface area contributed by atoms with Gasteiger partial charge in [0.1, 0.15) is 5.78 Å². The van der Waals surface area contributed by atoms with Gasteiger partial charge in [0, 0.05) is 13.5 Å². The maximum Gasteiger partial charge on any atom is 0.329 e. The molecule has 5 rings (SSSR count). The van der Waals surface area contributed by atoms with Gasteiger partial charge in [-0.05, 0) is 41.9 Å². The average Bonchev–Trinajstić information content (AvgIpc) is 3.35. The van der Waals surface area contributed by atoms with Crippen LogP contribution in [-0.4, -0.2) is 34.9 Å². The van der Waals surface area contributed by atoms with Crippen LogP contribution in [0.25, 0.3) is 22.2 Å². The Balaban J connectivity index is 1.60. The fourth-order valence-electron chi connectivity index (χ4n) is 3.74. The van der Waals surface area contributed by atoms with Crippen molar-refractivity contribution in [1.29, 1.82) is 0 Å². The molecule has 0 amide bonds. The number of aromatic amines is 2. The fourth-order valence-corrected chi connectivity index (χ4v) is 4.61. The fraction of sp³-hybridized carbons (Fsp3) is 0.174. The summed E-state index contributed by atoms with van der Waals surface area (Å²) in [7, 11) is 1.57. The number of aromatic nitrogens is 6. The van der Waals surface area contributed by atoms with Gasteiger partial charge in [0.25, 0.3) is 5.56 Å². The third kappa shape index (κ3) is 4.00. The number of benzene rings is 2. The number of para-hydroxylation sites is 2. The summed E-state index contributed by atoms with van der Waals surface area (Å²) < 4.78 is 3.11. The van der Waals surface area contributed by atoms with Gasteiger partial charge in [-0.15, -0.1) is 0 Å². The maximum atomic E-state index is 12.7. The van der Waals surface area contributed by atoms with Crippen molar-refractivity contribution in [3.05, 3.63) is 80.5 Å². The standard InChI is InChI=1S/C23H20N6O3S/c1-13(30)11-14-7-9-15(10-8-14)12-29-18-19(28(2)22(32)27-20(18)31)26-23(29)33-21-24-16-5-3-4-6-17(16)25-21/h3-10H,11-12H2,1-2H3,(H,24,25)(H,27,31,32). The van der Waals surface area contributed by atoms with Crippen LogP contribution in [-0.2, 0) is 24.8 Å². The van der Waals surface area contributed by atoms with Gasteiger partial charge in [-0.25, -0.2) is 14.8 Å². The van der Waals surface area contributed by atoms with Crippen molar-refractivity contribution in [3.63, 3.8) is 0 Å². The summed E-state index contributed by atoms with van der Waals surface area (Å²) in [5.74, 6) is 0.0975.